The van der Waals surface area contributed by atoms with Crippen molar-refractivity contribution in [1.29, 1.82) is 0 Å². The first kappa shape index (κ1) is 30.8. The van der Waals surface area contributed by atoms with Gasteiger partial charge in [-0.05, 0) is 50.5 Å². The van der Waals surface area contributed by atoms with Gasteiger partial charge < -0.3 is 10.2 Å². The molecule has 0 spiro atoms. The van der Waals surface area contributed by atoms with Crippen LogP contribution in [-0.4, -0.2) is 50.0 Å². The molecule has 7 nitrogen and oxygen atoms in total. The van der Waals surface area contributed by atoms with Gasteiger partial charge in [0, 0.05) is 32.0 Å². The first-order chi connectivity index (χ1) is 19.0. The molecule has 9 heteroatoms. The molecular formula is C31H38FN3O4S. The average Bonchev–Trinajstić information content (AvgIpc) is 2.89. The second-order valence-electron chi connectivity index (χ2n) is 10.3. The number of sulfonamides is 1. The normalized spacial score (nSPS) is 12.2. The van der Waals surface area contributed by atoms with Crippen LogP contribution in [0.2, 0.25) is 0 Å². The predicted molar refractivity (Wildman–Crippen MR) is 157 cm³/mol. The van der Waals surface area contributed by atoms with Crippen LogP contribution in [0.5, 0.6) is 0 Å². The van der Waals surface area contributed by atoms with E-state index < -0.39 is 21.9 Å². The van der Waals surface area contributed by atoms with Crippen LogP contribution in [0, 0.1) is 12.7 Å². The summed E-state index contributed by atoms with van der Waals surface area (Å²) < 4.78 is 40.4. The fraction of sp³-hybridized carbons (Fsp3) is 0.355. The number of aryl methyl sites for hydroxylation is 1. The number of anilines is 1. The molecule has 0 aliphatic carbocycles. The largest absolute Gasteiger partial charge is 0.352 e. The highest BCUT2D eigenvalue weighted by Crippen LogP contribution is 2.23. The number of rotatable bonds is 13. The molecule has 40 heavy (non-hydrogen) atoms. The Bertz CT molecular complexity index is 1380. The summed E-state index contributed by atoms with van der Waals surface area (Å²) in [5.41, 5.74) is 2.80. The quantitative estimate of drug-likeness (QED) is 0.320. The lowest BCUT2D eigenvalue weighted by Crippen LogP contribution is -2.51. The molecule has 0 fully saturated rings. The van der Waals surface area contributed by atoms with Gasteiger partial charge >= 0.3 is 0 Å². The lowest BCUT2D eigenvalue weighted by Gasteiger charge is -2.32. The van der Waals surface area contributed by atoms with E-state index in [0.717, 1.165) is 27.3 Å². The fourth-order valence-electron chi connectivity index (χ4n) is 4.46. The molecule has 0 aliphatic heterocycles. The van der Waals surface area contributed by atoms with Gasteiger partial charge in [0.05, 0.1) is 11.9 Å². The van der Waals surface area contributed by atoms with Crippen LogP contribution in [0.15, 0.2) is 78.9 Å². The summed E-state index contributed by atoms with van der Waals surface area (Å²) >= 11 is 0. The molecule has 0 aromatic heterocycles. The second kappa shape index (κ2) is 14.1. The number of hydrogen-bond acceptors (Lipinski definition) is 4. The van der Waals surface area contributed by atoms with E-state index in [1.807, 2.05) is 75.4 Å². The number of nitrogens with one attached hydrogen (secondary N) is 1. The Labute approximate surface area is 237 Å². The van der Waals surface area contributed by atoms with Crippen LogP contribution in [0.1, 0.15) is 43.4 Å². The lowest BCUT2D eigenvalue weighted by molar-refractivity contribution is -0.141. The molecule has 3 aromatic rings. The van der Waals surface area contributed by atoms with Crippen molar-refractivity contribution in [3.05, 3.63) is 101 Å². The van der Waals surface area contributed by atoms with E-state index in [-0.39, 0.29) is 49.5 Å². The maximum absolute atomic E-state index is 14.4. The highest BCUT2D eigenvalue weighted by molar-refractivity contribution is 7.92. The van der Waals surface area contributed by atoms with E-state index in [2.05, 4.69) is 5.32 Å². The lowest BCUT2D eigenvalue weighted by atomic mass is 10.0. The Hall–Kier alpha value is -3.72. The van der Waals surface area contributed by atoms with E-state index in [1.54, 1.807) is 11.0 Å². The number of halogens is 1. The molecule has 1 N–H and O–H groups in total. The Morgan fingerprint density at radius 1 is 0.900 bits per heavy atom. The van der Waals surface area contributed by atoms with Gasteiger partial charge in [0.15, 0.2) is 0 Å². The molecule has 3 aromatic carbocycles. The van der Waals surface area contributed by atoms with Crippen molar-refractivity contribution in [2.45, 2.75) is 58.7 Å². The molecule has 0 saturated heterocycles. The Kier molecular flexibility index (Phi) is 10.8. The molecule has 3 rings (SSSR count). The monoisotopic (exact) mass is 567 g/mol. The zero-order valence-electron chi connectivity index (χ0n) is 23.5. The van der Waals surface area contributed by atoms with E-state index in [4.69, 9.17) is 0 Å². The van der Waals surface area contributed by atoms with Crippen LogP contribution in [0.3, 0.4) is 0 Å². The third-order valence-electron chi connectivity index (χ3n) is 6.45. The number of carbonyl (C=O) groups excluding carboxylic acids is 2. The minimum absolute atomic E-state index is 0.0212. The van der Waals surface area contributed by atoms with Crippen molar-refractivity contribution < 1.29 is 22.4 Å². The first-order valence-corrected chi connectivity index (χ1v) is 15.2. The maximum Gasteiger partial charge on any atom is 0.243 e. The number of benzene rings is 3. The van der Waals surface area contributed by atoms with E-state index >= 15 is 0 Å². The van der Waals surface area contributed by atoms with Crippen LogP contribution >= 0.6 is 0 Å². The van der Waals surface area contributed by atoms with E-state index in [0.29, 0.717) is 6.42 Å². The third kappa shape index (κ3) is 8.91. The minimum atomic E-state index is -3.79. The van der Waals surface area contributed by atoms with Crippen molar-refractivity contribution in [2.75, 3.05) is 17.1 Å². The molecule has 1 unspecified atom stereocenters. The summed E-state index contributed by atoms with van der Waals surface area (Å²) in [6, 6.07) is 22.0. The van der Waals surface area contributed by atoms with Gasteiger partial charge in [-0.2, -0.15) is 0 Å². The summed E-state index contributed by atoms with van der Waals surface area (Å²) in [6.45, 7) is 5.85. The zero-order valence-corrected chi connectivity index (χ0v) is 24.3. The van der Waals surface area contributed by atoms with Crippen molar-refractivity contribution in [3.8, 4) is 0 Å². The van der Waals surface area contributed by atoms with Gasteiger partial charge in [-0.3, -0.25) is 13.9 Å². The molecule has 214 valence electrons. The summed E-state index contributed by atoms with van der Waals surface area (Å²) in [4.78, 5) is 28.8. The van der Waals surface area contributed by atoms with Gasteiger partial charge in [-0.15, -0.1) is 0 Å². The third-order valence-corrected chi connectivity index (χ3v) is 7.63. The average molecular weight is 568 g/mol. The van der Waals surface area contributed by atoms with Crippen LogP contribution < -0.4 is 9.62 Å². The van der Waals surface area contributed by atoms with Gasteiger partial charge in [-0.25, -0.2) is 12.8 Å². The molecule has 0 radical (unpaired) electrons. The fourth-order valence-corrected chi connectivity index (χ4v) is 5.43. The predicted octanol–water partition coefficient (Wildman–Crippen LogP) is 4.85. The minimum Gasteiger partial charge on any atom is -0.352 e. The van der Waals surface area contributed by atoms with Crippen LogP contribution in [0.4, 0.5) is 10.1 Å². The number of nitrogens with zero attached hydrogens (tertiary/aromatic N) is 2. The highest BCUT2D eigenvalue weighted by Gasteiger charge is 2.31. The number of carbonyl (C=O) groups is 2. The summed E-state index contributed by atoms with van der Waals surface area (Å²) in [5, 5.41) is 2.95. The Balaban J connectivity index is 1.88. The maximum atomic E-state index is 14.4. The SMILES string of the molecule is Cc1ccc(CN(C(=O)CCCN(c2ccccc2F)S(C)(=O)=O)C(Cc2ccccc2)C(=O)NC(C)C)cc1. The first-order valence-electron chi connectivity index (χ1n) is 13.4. The number of amides is 2. The van der Waals surface area contributed by atoms with Gasteiger partial charge in [0.1, 0.15) is 11.9 Å². The smallest absolute Gasteiger partial charge is 0.243 e. The van der Waals surface area contributed by atoms with Crippen LogP contribution in [0.25, 0.3) is 0 Å². The van der Waals surface area contributed by atoms with Crippen molar-refractivity contribution >= 4 is 27.5 Å². The molecular weight excluding hydrogens is 529 g/mol. The van der Waals surface area contributed by atoms with Crippen molar-refractivity contribution in [2.24, 2.45) is 0 Å². The standard InChI is InChI=1S/C31H38FN3O4S/c1-23(2)33-31(37)29(21-25-11-6-5-7-12-25)34(22-26-18-16-24(3)17-19-26)30(36)15-10-20-35(40(4,38)39)28-14-9-8-13-27(28)32/h5-9,11-14,16-19,23,29H,10,15,20-22H2,1-4H3,(H,33,37). The van der Waals surface area contributed by atoms with Gasteiger partial charge in [0.2, 0.25) is 21.8 Å². The van der Waals surface area contributed by atoms with Gasteiger partial charge in [0.25, 0.3) is 0 Å². The van der Waals surface area contributed by atoms with E-state index in [1.165, 1.54) is 18.2 Å². The Morgan fingerprint density at radius 3 is 2.12 bits per heavy atom. The summed E-state index contributed by atoms with van der Waals surface area (Å²) in [6.07, 6.45) is 1.46. The topological polar surface area (TPSA) is 86.8 Å². The molecule has 2 amide bonds. The van der Waals surface area contributed by atoms with E-state index in [9.17, 15) is 22.4 Å². The Morgan fingerprint density at radius 2 is 1.52 bits per heavy atom. The molecule has 0 aliphatic rings. The molecule has 0 bridgehead atoms. The molecule has 0 heterocycles. The zero-order chi connectivity index (χ0) is 29.3. The second-order valence-corrected chi connectivity index (χ2v) is 12.2. The highest BCUT2D eigenvalue weighted by atomic mass is 32.2. The molecule has 0 saturated carbocycles. The van der Waals surface area contributed by atoms with Crippen molar-refractivity contribution in [1.82, 2.24) is 10.2 Å². The summed E-state index contributed by atoms with van der Waals surface area (Å²) in [7, 11) is -3.79. The van der Waals surface area contributed by atoms with Crippen molar-refractivity contribution in [3.63, 3.8) is 0 Å². The van der Waals surface area contributed by atoms with Crippen LogP contribution in [-0.2, 0) is 32.6 Å². The number of hydrogen-bond donors (Lipinski definition) is 1. The van der Waals surface area contributed by atoms with Gasteiger partial charge in [-0.1, -0.05) is 72.3 Å². The summed E-state index contributed by atoms with van der Waals surface area (Å²) in [5.74, 6) is -1.21. The molecule has 1 atom stereocenters. The number of para-hydroxylation sites is 1.